The lowest BCUT2D eigenvalue weighted by Gasteiger charge is -2.23. The van der Waals surface area contributed by atoms with Crippen LogP contribution in [-0.4, -0.2) is 50.4 Å². The Kier molecular flexibility index (Phi) is 8.56. The highest BCUT2D eigenvalue weighted by Crippen LogP contribution is 2.25. The van der Waals surface area contributed by atoms with Crippen LogP contribution in [0.2, 0.25) is 0 Å². The highest BCUT2D eigenvalue weighted by molar-refractivity contribution is 8.13. The Balaban J connectivity index is 4.30. The molecule has 0 aromatic rings. The van der Waals surface area contributed by atoms with Crippen molar-refractivity contribution in [3.63, 3.8) is 0 Å². The zero-order valence-corrected chi connectivity index (χ0v) is 15.7. The number of carbonyl (C=O) groups is 1. The highest BCUT2D eigenvalue weighted by atomic mass is 32.2. The Morgan fingerprint density at radius 2 is 1.73 bits per heavy atom. The predicted molar refractivity (Wildman–Crippen MR) is 86.9 cm³/mol. The van der Waals surface area contributed by atoms with E-state index < -0.39 is 37.2 Å². The van der Waals surface area contributed by atoms with Gasteiger partial charge >= 0.3 is 0 Å². The van der Waals surface area contributed by atoms with Crippen LogP contribution in [0.3, 0.4) is 0 Å². The van der Waals surface area contributed by atoms with Gasteiger partial charge in [0.05, 0.1) is 18.1 Å². The van der Waals surface area contributed by atoms with Crippen LogP contribution < -0.4 is 0 Å². The van der Waals surface area contributed by atoms with E-state index in [4.69, 9.17) is 8.74 Å². The van der Waals surface area contributed by atoms with E-state index in [1.54, 1.807) is 27.7 Å². The molecule has 1 N–H and O–H groups in total. The van der Waals surface area contributed by atoms with Gasteiger partial charge in [0.15, 0.2) is 5.12 Å². The maximum atomic E-state index is 11.6. The third kappa shape index (κ3) is 11.4. The largest absolute Gasteiger partial charge is 0.287 e. The van der Waals surface area contributed by atoms with Crippen molar-refractivity contribution in [2.24, 2.45) is 11.3 Å². The molecule has 0 heterocycles. The smallest absolute Gasteiger partial charge is 0.267 e. The van der Waals surface area contributed by atoms with Gasteiger partial charge in [0.25, 0.3) is 20.2 Å². The van der Waals surface area contributed by atoms with Crippen molar-refractivity contribution in [2.45, 2.75) is 34.1 Å². The van der Waals surface area contributed by atoms with Gasteiger partial charge in [-0.25, -0.2) is 0 Å². The molecule has 0 fully saturated rings. The van der Waals surface area contributed by atoms with E-state index >= 15 is 0 Å². The normalized spacial score (nSPS) is 13.5. The summed E-state index contributed by atoms with van der Waals surface area (Å²) in [6.45, 7) is 7.04. The Labute approximate surface area is 137 Å². The molecule has 0 amide bonds. The zero-order chi connectivity index (χ0) is 17.6. The summed E-state index contributed by atoms with van der Waals surface area (Å²) in [5.74, 6) is -0.783. The average molecular weight is 377 g/mol. The summed E-state index contributed by atoms with van der Waals surface area (Å²) in [6, 6.07) is 0. The first-order valence-electron chi connectivity index (χ1n) is 6.73. The Morgan fingerprint density at radius 3 is 2.18 bits per heavy atom. The first-order valence-corrected chi connectivity index (χ1v) is 10.9. The van der Waals surface area contributed by atoms with Crippen LogP contribution in [0, 0.1) is 11.3 Å². The van der Waals surface area contributed by atoms with Gasteiger partial charge in [0.2, 0.25) is 0 Å². The summed E-state index contributed by atoms with van der Waals surface area (Å²) in [5.41, 5.74) is -0.522. The van der Waals surface area contributed by atoms with Gasteiger partial charge in [-0.15, -0.1) is 0 Å². The maximum absolute atomic E-state index is 11.6. The van der Waals surface area contributed by atoms with Crippen LogP contribution >= 0.6 is 11.8 Å². The summed E-state index contributed by atoms with van der Waals surface area (Å²) in [7, 11) is -8.04. The van der Waals surface area contributed by atoms with E-state index in [1.807, 2.05) is 0 Å². The molecule has 7 nitrogen and oxygen atoms in total. The number of hydrogen-bond donors (Lipinski definition) is 1. The number of rotatable bonds is 10. The van der Waals surface area contributed by atoms with Gasteiger partial charge < -0.3 is 0 Å². The number of carbonyl (C=O) groups excluding carboxylic acids is 1. The minimum Gasteiger partial charge on any atom is -0.287 e. The van der Waals surface area contributed by atoms with Gasteiger partial charge in [-0.05, 0) is 11.8 Å². The van der Waals surface area contributed by atoms with Crippen LogP contribution in [0.1, 0.15) is 34.1 Å². The quantitative estimate of drug-likeness (QED) is 0.451. The molecule has 0 atom stereocenters. The molecule has 0 aliphatic heterocycles. The van der Waals surface area contributed by atoms with Crippen LogP contribution in [-0.2, 0) is 29.2 Å². The molecule has 0 aliphatic carbocycles. The minimum atomic E-state index is -4.18. The summed E-state index contributed by atoms with van der Waals surface area (Å²) in [4.78, 5) is 11.5. The van der Waals surface area contributed by atoms with Gasteiger partial charge in [0, 0.05) is 11.7 Å². The lowest BCUT2D eigenvalue weighted by atomic mass is 9.98. The Morgan fingerprint density at radius 1 is 1.18 bits per heavy atom. The van der Waals surface area contributed by atoms with Gasteiger partial charge in [-0.1, -0.05) is 39.5 Å². The molecule has 0 radical (unpaired) electrons. The topological polar surface area (TPSA) is 115 Å². The maximum Gasteiger partial charge on any atom is 0.267 e. The van der Waals surface area contributed by atoms with Crippen LogP contribution in [0.5, 0.6) is 0 Å². The fourth-order valence-electron chi connectivity index (χ4n) is 1.20. The second-order valence-electron chi connectivity index (χ2n) is 6.09. The van der Waals surface area contributed by atoms with Crippen LogP contribution in [0.15, 0.2) is 0 Å². The van der Waals surface area contributed by atoms with Crippen molar-refractivity contribution in [3.05, 3.63) is 0 Å². The van der Waals surface area contributed by atoms with Gasteiger partial charge in [-0.2, -0.15) is 16.8 Å². The Hall–Kier alpha value is -0.160. The molecule has 0 unspecified atom stereocenters. The van der Waals surface area contributed by atoms with Gasteiger partial charge in [-0.3, -0.25) is 13.5 Å². The fourth-order valence-corrected chi connectivity index (χ4v) is 3.96. The van der Waals surface area contributed by atoms with E-state index in [0.717, 1.165) is 11.8 Å². The average Bonchev–Trinajstić information content (AvgIpc) is 2.32. The predicted octanol–water partition coefficient (Wildman–Crippen LogP) is 1.55. The minimum absolute atomic E-state index is 0.0316. The van der Waals surface area contributed by atoms with Crippen molar-refractivity contribution in [3.8, 4) is 0 Å². The second kappa shape index (κ2) is 8.62. The van der Waals surface area contributed by atoms with Crippen molar-refractivity contribution < 1.29 is 30.4 Å². The van der Waals surface area contributed by atoms with Crippen molar-refractivity contribution in [1.29, 1.82) is 0 Å². The number of hydrogen-bond acceptors (Lipinski definition) is 7. The highest BCUT2D eigenvalue weighted by Gasteiger charge is 2.24. The molecule has 132 valence electrons. The first kappa shape index (κ1) is 21.8. The Bertz CT molecular complexity index is 562. The third-order valence-electron chi connectivity index (χ3n) is 2.50. The lowest BCUT2D eigenvalue weighted by molar-refractivity contribution is -0.113. The molecule has 0 saturated carbocycles. The fraction of sp³-hybridized carbons (Fsp3) is 0.917. The first-order chi connectivity index (χ1) is 9.74. The van der Waals surface area contributed by atoms with Crippen molar-refractivity contribution in [2.75, 3.05) is 23.9 Å². The van der Waals surface area contributed by atoms with E-state index in [9.17, 15) is 21.6 Å². The molecule has 0 aromatic carbocycles. The molecular weight excluding hydrogens is 352 g/mol. The molecule has 0 aliphatic rings. The standard InChI is InChI=1S/C12H24O7S3/c1-10(2)11(13)20-9-12(3,4)8-19-22(17,18)7-5-6-21(14,15)16/h10H,5-9H2,1-4H3,(H,14,15,16). The molecule has 22 heavy (non-hydrogen) atoms. The zero-order valence-electron chi connectivity index (χ0n) is 13.2. The molecule has 0 aromatic heterocycles. The third-order valence-corrected chi connectivity index (χ3v) is 6.25. The van der Waals surface area contributed by atoms with Crippen molar-refractivity contribution in [1.82, 2.24) is 0 Å². The monoisotopic (exact) mass is 376 g/mol. The van der Waals surface area contributed by atoms with E-state index in [0.29, 0.717) is 5.75 Å². The van der Waals surface area contributed by atoms with Crippen LogP contribution in [0.4, 0.5) is 0 Å². The van der Waals surface area contributed by atoms with Gasteiger partial charge in [0.1, 0.15) is 0 Å². The lowest BCUT2D eigenvalue weighted by Crippen LogP contribution is -2.26. The van der Waals surface area contributed by atoms with E-state index in [2.05, 4.69) is 0 Å². The molecule has 0 saturated heterocycles. The molecule has 0 bridgehead atoms. The van der Waals surface area contributed by atoms with Crippen molar-refractivity contribution >= 4 is 37.1 Å². The number of thioether (sulfide) groups is 1. The summed E-state index contributed by atoms with van der Waals surface area (Å²) >= 11 is 1.14. The SMILES string of the molecule is CC(C)C(=O)SCC(C)(C)COS(=O)(=O)CCCS(=O)(=O)O. The molecule has 10 heteroatoms. The van der Waals surface area contributed by atoms with E-state index in [-0.39, 0.29) is 24.1 Å². The van der Waals surface area contributed by atoms with Crippen LogP contribution in [0.25, 0.3) is 0 Å². The second-order valence-corrected chi connectivity index (χ2v) is 10.4. The molecule has 0 spiro atoms. The molecule has 0 rings (SSSR count). The summed E-state index contributed by atoms with van der Waals surface area (Å²) in [6.07, 6.45) is -0.234. The summed E-state index contributed by atoms with van der Waals surface area (Å²) in [5, 5.41) is 0.0316. The summed E-state index contributed by atoms with van der Waals surface area (Å²) < 4.78 is 57.7. The molecular formula is C12H24O7S3. The van der Waals surface area contributed by atoms with E-state index in [1.165, 1.54) is 0 Å².